The molecule has 2 saturated heterocycles. The number of hydrazine groups is 1. The van der Waals surface area contributed by atoms with Gasteiger partial charge >= 0.3 is 0 Å². The van der Waals surface area contributed by atoms with E-state index >= 15 is 0 Å². The number of rotatable bonds is 3. The molecule has 0 aromatic heterocycles. The maximum Gasteiger partial charge on any atom is 0.238 e. The lowest BCUT2D eigenvalue weighted by atomic mass is 9.97. The Morgan fingerprint density at radius 2 is 2.40 bits per heavy atom. The van der Waals surface area contributed by atoms with Crippen LogP contribution < -0.4 is 10.7 Å². The molecule has 2 unspecified atom stereocenters. The molecule has 2 fully saturated rings. The van der Waals surface area contributed by atoms with Gasteiger partial charge in [-0.05, 0) is 38.8 Å². The zero-order valence-corrected chi connectivity index (χ0v) is 9.68. The van der Waals surface area contributed by atoms with E-state index in [4.69, 9.17) is 0 Å². The first-order valence-electron chi connectivity index (χ1n) is 5.92. The Labute approximate surface area is 91.4 Å². The normalized spacial score (nSPS) is 36.5. The summed E-state index contributed by atoms with van der Waals surface area (Å²) in [6.45, 7) is 7.26. The summed E-state index contributed by atoms with van der Waals surface area (Å²) in [6, 6.07) is 0. The number of carbonyl (C=O) groups excluding carboxylic acids is 1. The summed E-state index contributed by atoms with van der Waals surface area (Å²) in [4.78, 5) is 11.8. The second kappa shape index (κ2) is 4.10. The molecule has 15 heavy (non-hydrogen) atoms. The highest BCUT2D eigenvalue weighted by molar-refractivity contribution is 5.79. The van der Waals surface area contributed by atoms with Gasteiger partial charge in [-0.3, -0.25) is 9.80 Å². The van der Waals surface area contributed by atoms with Gasteiger partial charge in [0.15, 0.2) is 0 Å². The molecule has 0 aromatic carbocycles. The van der Waals surface area contributed by atoms with E-state index in [0.717, 1.165) is 26.1 Å². The molecule has 4 heteroatoms. The van der Waals surface area contributed by atoms with Gasteiger partial charge in [-0.15, -0.1) is 0 Å². The van der Waals surface area contributed by atoms with Crippen LogP contribution in [-0.4, -0.2) is 36.1 Å². The van der Waals surface area contributed by atoms with E-state index in [9.17, 15) is 4.79 Å². The van der Waals surface area contributed by atoms with Gasteiger partial charge in [-0.2, -0.15) is 0 Å². The third-order valence-electron chi connectivity index (χ3n) is 3.63. The van der Waals surface area contributed by atoms with E-state index in [-0.39, 0.29) is 11.4 Å². The highest BCUT2D eigenvalue weighted by atomic mass is 16.2. The zero-order valence-electron chi connectivity index (χ0n) is 9.68. The quantitative estimate of drug-likeness (QED) is 0.714. The van der Waals surface area contributed by atoms with Crippen molar-refractivity contribution in [2.45, 2.75) is 38.6 Å². The van der Waals surface area contributed by atoms with Crippen LogP contribution in [0.1, 0.15) is 33.1 Å². The Kier molecular flexibility index (Phi) is 2.98. The highest BCUT2D eigenvalue weighted by Gasteiger charge is 2.38. The minimum absolute atomic E-state index is 0.0108. The molecule has 2 rings (SSSR count). The summed E-state index contributed by atoms with van der Waals surface area (Å²) in [6.07, 6.45) is 2.83. The molecule has 2 atom stereocenters. The first-order valence-corrected chi connectivity index (χ1v) is 5.92. The smallest absolute Gasteiger partial charge is 0.238 e. The third kappa shape index (κ3) is 2.32. The van der Waals surface area contributed by atoms with Gasteiger partial charge in [-0.25, -0.2) is 5.43 Å². The molecule has 0 saturated carbocycles. The molecule has 0 spiro atoms. The largest absolute Gasteiger partial charge is 0.316 e. The minimum Gasteiger partial charge on any atom is -0.316 e. The lowest BCUT2D eigenvalue weighted by Crippen LogP contribution is -2.46. The molecular formula is C11H21N3O. The first-order chi connectivity index (χ1) is 7.13. The molecule has 2 aliphatic rings. The van der Waals surface area contributed by atoms with Crippen molar-refractivity contribution in [3.63, 3.8) is 0 Å². The molecule has 0 aliphatic carbocycles. The van der Waals surface area contributed by atoms with Crippen molar-refractivity contribution in [1.29, 1.82) is 0 Å². The Morgan fingerprint density at radius 1 is 1.60 bits per heavy atom. The van der Waals surface area contributed by atoms with Crippen LogP contribution in [-0.2, 0) is 4.79 Å². The van der Waals surface area contributed by atoms with Gasteiger partial charge in [-0.1, -0.05) is 6.92 Å². The Bertz CT molecular complexity index is 250. The van der Waals surface area contributed by atoms with Crippen molar-refractivity contribution in [1.82, 2.24) is 15.8 Å². The topological polar surface area (TPSA) is 44.4 Å². The monoisotopic (exact) mass is 211 g/mol. The summed E-state index contributed by atoms with van der Waals surface area (Å²) in [5.74, 6) is 0.881. The summed E-state index contributed by atoms with van der Waals surface area (Å²) < 4.78 is 0. The van der Waals surface area contributed by atoms with Crippen LogP contribution in [0.3, 0.4) is 0 Å². The Morgan fingerprint density at radius 3 is 2.93 bits per heavy atom. The van der Waals surface area contributed by atoms with Gasteiger partial charge in [0, 0.05) is 18.5 Å². The maximum absolute atomic E-state index is 11.8. The standard InChI is InChI=1S/C11H21N3O/c1-3-11(2)6-10(15)14(13-11)8-9-4-5-12-7-9/h9,12-13H,3-8H2,1-2H3. The van der Waals surface area contributed by atoms with Crippen molar-refractivity contribution in [2.75, 3.05) is 19.6 Å². The van der Waals surface area contributed by atoms with E-state index in [1.807, 2.05) is 5.01 Å². The molecule has 2 aliphatic heterocycles. The van der Waals surface area contributed by atoms with Crippen LogP contribution in [0.25, 0.3) is 0 Å². The number of amides is 1. The van der Waals surface area contributed by atoms with E-state index in [0.29, 0.717) is 12.3 Å². The van der Waals surface area contributed by atoms with Crippen LogP contribution in [0.2, 0.25) is 0 Å². The van der Waals surface area contributed by atoms with Gasteiger partial charge in [0.1, 0.15) is 0 Å². The first kappa shape index (κ1) is 10.9. The molecule has 2 heterocycles. The van der Waals surface area contributed by atoms with Gasteiger partial charge in [0.05, 0.1) is 0 Å². The predicted octanol–water partition coefficient (Wildman–Crippen LogP) is 0.501. The molecule has 0 bridgehead atoms. The minimum atomic E-state index is -0.0108. The van der Waals surface area contributed by atoms with Gasteiger partial charge < -0.3 is 5.32 Å². The average Bonchev–Trinajstić information content (AvgIpc) is 2.77. The third-order valence-corrected chi connectivity index (χ3v) is 3.63. The van der Waals surface area contributed by atoms with Crippen LogP contribution in [0.5, 0.6) is 0 Å². The lowest BCUT2D eigenvalue weighted by Gasteiger charge is -2.26. The van der Waals surface area contributed by atoms with Gasteiger partial charge in [0.2, 0.25) is 5.91 Å². The average molecular weight is 211 g/mol. The van der Waals surface area contributed by atoms with E-state index in [1.54, 1.807) is 0 Å². The van der Waals surface area contributed by atoms with Crippen molar-refractivity contribution >= 4 is 5.91 Å². The fourth-order valence-corrected chi connectivity index (χ4v) is 2.34. The molecule has 0 aromatic rings. The second-order valence-corrected chi connectivity index (χ2v) is 5.07. The molecule has 2 N–H and O–H groups in total. The van der Waals surface area contributed by atoms with Crippen molar-refractivity contribution in [2.24, 2.45) is 5.92 Å². The highest BCUT2D eigenvalue weighted by Crippen LogP contribution is 2.24. The van der Waals surface area contributed by atoms with Crippen LogP contribution in [0, 0.1) is 5.92 Å². The fourth-order valence-electron chi connectivity index (χ4n) is 2.34. The summed E-state index contributed by atoms with van der Waals surface area (Å²) in [5.41, 5.74) is 3.34. The number of hydrogen-bond donors (Lipinski definition) is 2. The molecular weight excluding hydrogens is 190 g/mol. The van der Waals surface area contributed by atoms with Gasteiger partial charge in [0.25, 0.3) is 0 Å². The fraction of sp³-hybridized carbons (Fsp3) is 0.909. The summed E-state index contributed by atoms with van der Waals surface area (Å²) in [5, 5.41) is 5.16. The number of nitrogens with zero attached hydrogens (tertiary/aromatic N) is 1. The number of hydrogen-bond acceptors (Lipinski definition) is 3. The van der Waals surface area contributed by atoms with Crippen molar-refractivity contribution in [3.8, 4) is 0 Å². The molecule has 4 nitrogen and oxygen atoms in total. The molecule has 0 radical (unpaired) electrons. The van der Waals surface area contributed by atoms with E-state index in [2.05, 4.69) is 24.6 Å². The predicted molar refractivity (Wildman–Crippen MR) is 59.1 cm³/mol. The Balaban J connectivity index is 1.90. The summed E-state index contributed by atoms with van der Waals surface area (Å²) in [7, 11) is 0. The SMILES string of the molecule is CCC1(C)CC(=O)N(CC2CCNC2)N1. The van der Waals surface area contributed by atoms with Crippen LogP contribution in [0.4, 0.5) is 0 Å². The maximum atomic E-state index is 11.8. The zero-order chi connectivity index (χ0) is 10.9. The van der Waals surface area contributed by atoms with E-state index < -0.39 is 0 Å². The van der Waals surface area contributed by atoms with Crippen LogP contribution >= 0.6 is 0 Å². The second-order valence-electron chi connectivity index (χ2n) is 5.07. The van der Waals surface area contributed by atoms with Crippen LogP contribution in [0.15, 0.2) is 0 Å². The van der Waals surface area contributed by atoms with Crippen molar-refractivity contribution < 1.29 is 4.79 Å². The molecule has 86 valence electrons. The van der Waals surface area contributed by atoms with Crippen molar-refractivity contribution in [3.05, 3.63) is 0 Å². The number of carbonyl (C=O) groups is 1. The lowest BCUT2D eigenvalue weighted by molar-refractivity contribution is -0.130. The molecule has 1 amide bonds. The van der Waals surface area contributed by atoms with E-state index in [1.165, 1.54) is 6.42 Å². The Hall–Kier alpha value is -0.610. The number of nitrogens with one attached hydrogen (secondary N) is 2. The summed E-state index contributed by atoms with van der Waals surface area (Å²) >= 11 is 0.